The van der Waals surface area contributed by atoms with Crippen molar-refractivity contribution in [2.45, 2.75) is 19.1 Å². The number of rotatable bonds is 2. The van der Waals surface area contributed by atoms with Gasteiger partial charge in [-0.15, -0.1) is 0 Å². The van der Waals surface area contributed by atoms with Gasteiger partial charge < -0.3 is 15.7 Å². The average molecular weight is 192 g/mol. The van der Waals surface area contributed by atoms with Gasteiger partial charge in [0.25, 0.3) is 0 Å². The molecule has 2 rings (SSSR count). The summed E-state index contributed by atoms with van der Waals surface area (Å²) in [5.74, 6) is 0. The van der Waals surface area contributed by atoms with Gasteiger partial charge in [-0.2, -0.15) is 0 Å². The molecular formula is C11H16N2O. The smallest absolute Gasteiger partial charge is 0.0702 e. The van der Waals surface area contributed by atoms with E-state index >= 15 is 0 Å². The molecular weight excluding hydrogens is 176 g/mol. The monoisotopic (exact) mass is 192 g/mol. The Morgan fingerprint density at radius 1 is 1.43 bits per heavy atom. The lowest BCUT2D eigenvalue weighted by Crippen LogP contribution is -2.26. The van der Waals surface area contributed by atoms with Gasteiger partial charge in [-0.25, -0.2) is 0 Å². The van der Waals surface area contributed by atoms with Crippen LogP contribution in [0.3, 0.4) is 0 Å². The van der Waals surface area contributed by atoms with Crippen LogP contribution in [0.2, 0.25) is 0 Å². The van der Waals surface area contributed by atoms with Crippen LogP contribution in [0, 0.1) is 0 Å². The molecule has 1 aromatic rings. The maximum Gasteiger partial charge on any atom is 0.0702 e. The number of para-hydroxylation sites is 1. The third kappa shape index (κ3) is 1.74. The lowest BCUT2D eigenvalue weighted by Gasteiger charge is -2.20. The highest BCUT2D eigenvalue weighted by molar-refractivity contribution is 5.54. The molecule has 0 aliphatic carbocycles. The maximum absolute atomic E-state index is 9.19. The molecule has 1 fully saturated rings. The first-order chi connectivity index (χ1) is 6.81. The second kappa shape index (κ2) is 3.98. The molecule has 0 saturated carbocycles. The predicted octanol–water partition coefficient (Wildman–Crippen LogP) is 0.716. The zero-order valence-electron chi connectivity index (χ0n) is 8.19. The van der Waals surface area contributed by atoms with Crippen molar-refractivity contribution < 1.29 is 5.11 Å². The van der Waals surface area contributed by atoms with Gasteiger partial charge in [-0.05, 0) is 12.5 Å². The van der Waals surface area contributed by atoms with Crippen LogP contribution in [0.5, 0.6) is 0 Å². The normalized spacial score (nSPS) is 21.6. The molecule has 1 atom stereocenters. The molecule has 1 aromatic carbocycles. The molecule has 3 nitrogen and oxygen atoms in total. The standard InChI is InChI=1S/C11H16N2O/c12-10-5-6-13(7-10)11-4-2-1-3-9(11)8-14/h1-4,10,14H,5-8,12H2. The van der Waals surface area contributed by atoms with Gasteiger partial charge >= 0.3 is 0 Å². The van der Waals surface area contributed by atoms with Gasteiger partial charge in [0.1, 0.15) is 0 Å². The van der Waals surface area contributed by atoms with Crippen LogP contribution in [0.1, 0.15) is 12.0 Å². The number of nitrogens with zero attached hydrogens (tertiary/aromatic N) is 1. The molecule has 1 unspecified atom stereocenters. The Hall–Kier alpha value is -1.06. The van der Waals surface area contributed by atoms with Gasteiger partial charge in [-0.3, -0.25) is 0 Å². The minimum absolute atomic E-state index is 0.0991. The third-order valence-corrected chi connectivity index (χ3v) is 2.73. The molecule has 0 radical (unpaired) electrons. The summed E-state index contributed by atoms with van der Waals surface area (Å²) >= 11 is 0. The summed E-state index contributed by atoms with van der Waals surface area (Å²) in [5, 5.41) is 9.19. The van der Waals surface area contributed by atoms with Crippen LogP contribution in [0.25, 0.3) is 0 Å². The SMILES string of the molecule is NC1CCN(c2ccccc2CO)C1. The zero-order chi connectivity index (χ0) is 9.97. The Morgan fingerprint density at radius 2 is 2.21 bits per heavy atom. The fourth-order valence-electron chi connectivity index (χ4n) is 1.96. The van der Waals surface area contributed by atoms with Crippen LogP contribution in [-0.4, -0.2) is 24.2 Å². The van der Waals surface area contributed by atoms with Crippen molar-refractivity contribution >= 4 is 5.69 Å². The van der Waals surface area contributed by atoms with E-state index in [0.29, 0.717) is 0 Å². The van der Waals surface area contributed by atoms with Crippen LogP contribution >= 0.6 is 0 Å². The molecule has 3 N–H and O–H groups in total. The summed E-state index contributed by atoms with van der Waals surface area (Å²) in [7, 11) is 0. The zero-order valence-corrected chi connectivity index (χ0v) is 8.19. The molecule has 76 valence electrons. The average Bonchev–Trinajstić information content (AvgIpc) is 2.65. The molecule has 14 heavy (non-hydrogen) atoms. The summed E-state index contributed by atoms with van der Waals surface area (Å²) in [4.78, 5) is 2.25. The summed E-state index contributed by atoms with van der Waals surface area (Å²) in [6, 6.07) is 8.23. The molecule has 0 spiro atoms. The molecule has 0 amide bonds. The predicted molar refractivity (Wildman–Crippen MR) is 57.2 cm³/mol. The van der Waals surface area contributed by atoms with E-state index in [-0.39, 0.29) is 12.6 Å². The minimum atomic E-state index is 0.0991. The Bertz CT molecular complexity index is 314. The number of aliphatic hydroxyl groups excluding tert-OH is 1. The molecule has 1 aliphatic rings. The second-order valence-corrected chi connectivity index (χ2v) is 3.78. The number of anilines is 1. The van der Waals surface area contributed by atoms with Crippen LogP contribution in [-0.2, 0) is 6.61 Å². The summed E-state index contributed by atoms with van der Waals surface area (Å²) < 4.78 is 0. The van der Waals surface area contributed by atoms with Crippen LogP contribution < -0.4 is 10.6 Å². The Kier molecular flexibility index (Phi) is 2.70. The van der Waals surface area contributed by atoms with Crippen molar-refractivity contribution in [3.8, 4) is 0 Å². The number of hydrogen-bond donors (Lipinski definition) is 2. The highest BCUT2D eigenvalue weighted by Crippen LogP contribution is 2.23. The summed E-state index contributed by atoms with van der Waals surface area (Å²) in [6.45, 7) is 2.00. The largest absolute Gasteiger partial charge is 0.392 e. The molecule has 1 heterocycles. The number of aliphatic hydroxyl groups is 1. The van der Waals surface area contributed by atoms with E-state index in [2.05, 4.69) is 4.90 Å². The lowest BCUT2D eigenvalue weighted by molar-refractivity contribution is 0.282. The van der Waals surface area contributed by atoms with E-state index < -0.39 is 0 Å². The Balaban J connectivity index is 2.22. The quantitative estimate of drug-likeness (QED) is 0.725. The first-order valence-corrected chi connectivity index (χ1v) is 5.00. The van der Waals surface area contributed by atoms with Gasteiger partial charge in [0, 0.05) is 30.4 Å². The molecule has 3 heteroatoms. The fourth-order valence-corrected chi connectivity index (χ4v) is 1.96. The number of nitrogens with two attached hydrogens (primary N) is 1. The first kappa shape index (κ1) is 9.49. The highest BCUT2D eigenvalue weighted by atomic mass is 16.3. The van der Waals surface area contributed by atoms with E-state index in [1.165, 1.54) is 0 Å². The van der Waals surface area contributed by atoms with E-state index in [1.54, 1.807) is 0 Å². The topological polar surface area (TPSA) is 49.5 Å². The van der Waals surface area contributed by atoms with Gasteiger partial charge in [0.05, 0.1) is 6.61 Å². The van der Waals surface area contributed by atoms with Gasteiger partial charge in [0.2, 0.25) is 0 Å². The highest BCUT2D eigenvalue weighted by Gasteiger charge is 2.20. The van der Waals surface area contributed by atoms with Gasteiger partial charge in [-0.1, -0.05) is 18.2 Å². The van der Waals surface area contributed by atoms with Crippen molar-refractivity contribution in [1.82, 2.24) is 0 Å². The maximum atomic E-state index is 9.19. The molecule has 1 saturated heterocycles. The Morgan fingerprint density at radius 3 is 2.86 bits per heavy atom. The number of hydrogen-bond acceptors (Lipinski definition) is 3. The van der Waals surface area contributed by atoms with Crippen LogP contribution in [0.15, 0.2) is 24.3 Å². The van der Waals surface area contributed by atoms with Gasteiger partial charge in [0.15, 0.2) is 0 Å². The molecule has 1 aliphatic heterocycles. The number of benzene rings is 1. The molecule has 0 bridgehead atoms. The van der Waals surface area contributed by atoms with E-state index in [9.17, 15) is 5.11 Å². The van der Waals surface area contributed by atoms with Crippen molar-refractivity contribution in [1.29, 1.82) is 0 Å². The van der Waals surface area contributed by atoms with E-state index in [0.717, 1.165) is 30.8 Å². The van der Waals surface area contributed by atoms with E-state index in [4.69, 9.17) is 5.73 Å². The first-order valence-electron chi connectivity index (χ1n) is 5.00. The van der Waals surface area contributed by atoms with E-state index in [1.807, 2.05) is 24.3 Å². The summed E-state index contributed by atoms with van der Waals surface area (Å²) in [6.07, 6.45) is 1.04. The van der Waals surface area contributed by atoms with Crippen molar-refractivity contribution in [2.75, 3.05) is 18.0 Å². The minimum Gasteiger partial charge on any atom is -0.392 e. The van der Waals surface area contributed by atoms with Crippen molar-refractivity contribution in [3.63, 3.8) is 0 Å². The summed E-state index contributed by atoms with van der Waals surface area (Å²) in [5.41, 5.74) is 7.97. The second-order valence-electron chi connectivity index (χ2n) is 3.78. The van der Waals surface area contributed by atoms with Crippen LogP contribution in [0.4, 0.5) is 5.69 Å². The fraction of sp³-hybridized carbons (Fsp3) is 0.455. The Labute approximate surface area is 84.1 Å². The lowest BCUT2D eigenvalue weighted by atomic mass is 10.2. The third-order valence-electron chi connectivity index (χ3n) is 2.73. The van der Waals surface area contributed by atoms with Crippen molar-refractivity contribution in [3.05, 3.63) is 29.8 Å². The molecule has 0 aromatic heterocycles. The van der Waals surface area contributed by atoms with Crippen molar-refractivity contribution in [2.24, 2.45) is 5.73 Å².